The van der Waals surface area contributed by atoms with Crippen molar-refractivity contribution in [3.8, 4) is 0 Å². The van der Waals surface area contributed by atoms with Gasteiger partial charge < -0.3 is 10.6 Å². The average molecular weight is 629 g/mol. The van der Waals surface area contributed by atoms with Gasteiger partial charge in [0.05, 0.1) is 0 Å². The summed E-state index contributed by atoms with van der Waals surface area (Å²) in [6.45, 7) is 5.25. The molecular formula is C42H64N2O2. The average Bonchev–Trinajstić information content (AvgIpc) is 3.06. The molecule has 2 amide bonds. The Hall–Kier alpha value is -3.66. The van der Waals surface area contributed by atoms with Crippen molar-refractivity contribution in [2.24, 2.45) is 0 Å². The van der Waals surface area contributed by atoms with E-state index in [0.29, 0.717) is 25.9 Å². The Labute approximate surface area is 282 Å². The molecule has 0 saturated carbocycles. The van der Waals surface area contributed by atoms with Crippen LogP contribution < -0.4 is 10.6 Å². The Morgan fingerprint density at radius 3 is 0.870 bits per heavy atom. The normalized spacial score (nSPS) is 13.0. The van der Waals surface area contributed by atoms with Crippen LogP contribution >= 0.6 is 0 Å². The van der Waals surface area contributed by atoms with Crippen LogP contribution in [0.4, 0.5) is 0 Å². The van der Waals surface area contributed by atoms with Gasteiger partial charge >= 0.3 is 0 Å². The minimum absolute atomic E-state index is 0.0417. The van der Waals surface area contributed by atoms with Crippen molar-refractivity contribution < 1.29 is 9.59 Å². The van der Waals surface area contributed by atoms with Gasteiger partial charge in [-0.2, -0.15) is 0 Å². The second-order valence-corrected chi connectivity index (χ2v) is 10.9. The Kier molecular flexibility index (Phi) is 34.5. The number of nitrogens with one attached hydrogen (secondary N) is 2. The van der Waals surface area contributed by atoms with Crippen molar-refractivity contribution in [3.05, 3.63) is 122 Å². The van der Waals surface area contributed by atoms with E-state index in [1.54, 1.807) is 0 Å². The van der Waals surface area contributed by atoms with E-state index in [9.17, 15) is 9.59 Å². The van der Waals surface area contributed by atoms with Crippen LogP contribution in [0, 0.1) is 0 Å². The monoisotopic (exact) mass is 628 g/mol. The van der Waals surface area contributed by atoms with E-state index in [2.05, 4.69) is 146 Å². The first-order valence-electron chi connectivity index (χ1n) is 17.7. The van der Waals surface area contributed by atoms with Crippen molar-refractivity contribution in [3.63, 3.8) is 0 Å². The summed E-state index contributed by atoms with van der Waals surface area (Å²) in [4.78, 5) is 24.0. The molecule has 4 heteroatoms. The molecule has 0 aromatic heterocycles. The molecular weight excluding hydrogens is 564 g/mol. The predicted molar refractivity (Wildman–Crippen MR) is 203 cm³/mol. The molecule has 0 unspecified atom stereocenters. The van der Waals surface area contributed by atoms with E-state index < -0.39 is 0 Å². The van der Waals surface area contributed by atoms with E-state index in [1.807, 2.05) is 0 Å². The summed E-state index contributed by atoms with van der Waals surface area (Å²) in [7, 11) is 0. The minimum atomic E-state index is 0.0417. The molecule has 0 saturated heterocycles. The summed E-state index contributed by atoms with van der Waals surface area (Å²) < 4.78 is 0. The third-order valence-electron chi connectivity index (χ3n) is 6.63. The van der Waals surface area contributed by atoms with Crippen LogP contribution in [-0.2, 0) is 9.59 Å². The molecule has 0 rings (SSSR count). The van der Waals surface area contributed by atoms with E-state index in [-0.39, 0.29) is 11.8 Å². The van der Waals surface area contributed by atoms with Gasteiger partial charge in [-0.1, -0.05) is 135 Å². The van der Waals surface area contributed by atoms with Crippen molar-refractivity contribution in [1.82, 2.24) is 10.6 Å². The fourth-order valence-corrected chi connectivity index (χ4v) is 4.08. The number of amides is 2. The van der Waals surface area contributed by atoms with Crippen LogP contribution in [0.5, 0.6) is 0 Å². The fourth-order valence-electron chi connectivity index (χ4n) is 4.08. The summed E-state index contributed by atoms with van der Waals surface area (Å²) in [5, 5.41) is 5.78. The zero-order valence-electron chi connectivity index (χ0n) is 29.1. The molecule has 0 aliphatic rings. The van der Waals surface area contributed by atoms with Gasteiger partial charge in [-0.3, -0.25) is 9.59 Å². The van der Waals surface area contributed by atoms with Gasteiger partial charge in [-0.15, -0.1) is 0 Å². The Morgan fingerprint density at radius 1 is 0.370 bits per heavy atom. The highest BCUT2D eigenvalue weighted by Gasteiger charge is 2.02. The van der Waals surface area contributed by atoms with Gasteiger partial charge in [-0.25, -0.2) is 0 Å². The predicted octanol–water partition coefficient (Wildman–Crippen LogP) is 11.1. The maximum absolute atomic E-state index is 12.0. The first-order valence-corrected chi connectivity index (χ1v) is 17.7. The topological polar surface area (TPSA) is 58.2 Å². The first kappa shape index (κ1) is 42.3. The maximum atomic E-state index is 12.0. The number of carbonyl (C=O) groups is 2. The molecule has 0 aliphatic heterocycles. The number of allylic oxidation sites excluding steroid dienone is 20. The third kappa shape index (κ3) is 36.5. The molecule has 0 fully saturated rings. The SMILES string of the molecule is CC/C=C\C/C=C\C/C=C\C/C=C\C/C=C\CCCC(=O)NCCNC(=O)CCC/C=C\C/C=C\C/C=C\C/C=C\C/C=C\CC. The number of hydrogen-bond acceptors (Lipinski definition) is 2. The second kappa shape index (κ2) is 37.5. The largest absolute Gasteiger partial charge is 0.354 e. The van der Waals surface area contributed by atoms with Crippen molar-refractivity contribution in [2.75, 3.05) is 13.1 Å². The number of hydrogen-bond donors (Lipinski definition) is 2. The molecule has 0 aliphatic carbocycles. The smallest absolute Gasteiger partial charge is 0.220 e. The van der Waals surface area contributed by atoms with Crippen LogP contribution in [0.3, 0.4) is 0 Å². The molecule has 0 heterocycles. The molecule has 0 aromatic rings. The van der Waals surface area contributed by atoms with Gasteiger partial charge in [0.1, 0.15) is 0 Å². The standard InChI is InChI=1S/C42H64N2O2/c1-3-5-7-9-11-13-15-17-19-21-23-25-27-29-31-33-35-37-41(45)43-39-40-44-42(46)38-36-34-32-30-28-26-24-22-20-18-16-14-12-10-8-6-4-2/h5-8,11-14,17-20,23-26,29-32H,3-4,9-10,15-16,21-22,27-28,33-40H2,1-2H3,(H,43,45)(H,44,46)/b7-5-,8-6-,13-11-,14-12-,19-17-,20-18-,25-23-,26-24-,31-29-,32-30-. The second-order valence-electron chi connectivity index (χ2n) is 10.9. The molecule has 0 radical (unpaired) electrons. The maximum Gasteiger partial charge on any atom is 0.220 e. The van der Waals surface area contributed by atoms with Gasteiger partial charge in [0.15, 0.2) is 0 Å². The van der Waals surface area contributed by atoms with Crippen molar-refractivity contribution >= 4 is 11.8 Å². The Bertz CT molecular complexity index is 936. The highest BCUT2D eigenvalue weighted by atomic mass is 16.2. The summed E-state index contributed by atoms with van der Waals surface area (Å²) >= 11 is 0. The Morgan fingerprint density at radius 2 is 0.609 bits per heavy atom. The number of unbranched alkanes of at least 4 members (excludes halogenated alkanes) is 2. The lowest BCUT2D eigenvalue weighted by Gasteiger charge is -2.06. The molecule has 0 aromatic carbocycles. The summed E-state index contributed by atoms with van der Waals surface area (Å²) in [6.07, 6.45) is 58.2. The van der Waals surface area contributed by atoms with E-state index in [1.165, 1.54) is 0 Å². The highest BCUT2D eigenvalue weighted by Crippen LogP contribution is 2.01. The quantitative estimate of drug-likeness (QED) is 0.0639. The first-order chi connectivity index (χ1) is 22.7. The number of carbonyl (C=O) groups excluding carboxylic acids is 2. The molecule has 2 N–H and O–H groups in total. The van der Waals surface area contributed by atoms with Gasteiger partial charge in [0.25, 0.3) is 0 Å². The minimum Gasteiger partial charge on any atom is -0.354 e. The Balaban J connectivity index is 3.60. The van der Waals surface area contributed by atoms with E-state index in [0.717, 1.165) is 89.9 Å². The van der Waals surface area contributed by atoms with E-state index in [4.69, 9.17) is 0 Å². The number of rotatable bonds is 29. The van der Waals surface area contributed by atoms with Gasteiger partial charge in [0.2, 0.25) is 11.8 Å². The summed E-state index contributed by atoms with van der Waals surface area (Å²) in [6, 6.07) is 0. The lowest BCUT2D eigenvalue weighted by Crippen LogP contribution is -2.34. The van der Waals surface area contributed by atoms with Crippen LogP contribution in [-0.4, -0.2) is 24.9 Å². The van der Waals surface area contributed by atoms with Crippen molar-refractivity contribution in [1.29, 1.82) is 0 Å². The van der Waals surface area contributed by atoms with Crippen molar-refractivity contribution in [2.45, 2.75) is 117 Å². The van der Waals surface area contributed by atoms with Gasteiger partial charge in [0, 0.05) is 25.9 Å². The van der Waals surface area contributed by atoms with Crippen LogP contribution in [0.2, 0.25) is 0 Å². The molecule has 4 nitrogen and oxygen atoms in total. The fraction of sp³-hybridized carbons (Fsp3) is 0.476. The molecule has 0 atom stereocenters. The summed E-state index contributed by atoms with van der Waals surface area (Å²) in [5.74, 6) is 0.0833. The highest BCUT2D eigenvalue weighted by molar-refractivity contribution is 5.77. The third-order valence-corrected chi connectivity index (χ3v) is 6.63. The van der Waals surface area contributed by atoms with Crippen LogP contribution in [0.1, 0.15) is 117 Å². The van der Waals surface area contributed by atoms with E-state index >= 15 is 0 Å². The lowest BCUT2D eigenvalue weighted by atomic mass is 10.2. The molecule has 0 spiro atoms. The zero-order chi connectivity index (χ0) is 33.4. The van der Waals surface area contributed by atoms with Gasteiger partial charge in [-0.05, 0) is 89.9 Å². The molecule has 46 heavy (non-hydrogen) atoms. The summed E-state index contributed by atoms with van der Waals surface area (Å²) in [5.41, 5.74) is 0. The molecule has 0 bridgehead atoms. The lowest BCUT2D eigenvalue weighted by molar-refractivity contribution is -0.123. The van der Waals surface area contributed by atoms with Crippen LogP contribution in [0.25, 0.3) is 0 Å². The zero-order valence-corrected chi connectivity index (χ0v) is 29.1. The van der Waals surface area contributed by atoms with Crippen LogP contribution in [0.15, 0.2) is 122 Å². The molecule has 254 valence electrons.